The minimum absolute atomic E-state index is 0.0311. The van der Waals surface area contributed by atoms with Gasteiger partial charge in [0.25, 0.3) is 0 Å². The van der Waals surface area contributed by atoms with Crippen LogP contribution in [0.1, 0.15) is 27.2 Å². The molecule has 118 valence electrons. The molecule has 1 amide bonds. The third-order valence-electron chi connectivity index (χ3n) is 3.23. The first-order valence-corrected chi connectivity index (χ1v) is 7.28. The SMILES string of the molecule is COc1ccc(NC(=O)CCN(CC(C)O)C(C)C)cc1. The van der Waals surface area contributed by atoms with E-state index in [1.807, 2.05) is 24.3 Å². The van der Waals surface area contributed by atoms with Gasteiger partial charge in [0.2, 0.25) is 5.91 Å². The Morgan fingerprint density at radius 1 is 1.29 bits per heavy atom. The van der Waals surface area contributed by atoms with Crippen molar-refractivity contribution in [2.75, 3.05) is 25.5 Å². The second-order valence-corrected chi connectivity index (χ2v) is 5.46. The second kappa shape index (κ2) is 8.64. The third kappa shape index (κ3) is 6.60. The molecule has 0 radical (unpaired) electrons. The summed E-state index contributed by atoms with van der Waals surface area (Å²) >= 11 is 0. The summed E-state index contributed by atoms with van der Waals surface area (Å²) in [5.74, 6) is 0.729. The molecule has 0 bridgehead atoms. The number of benzene rings is 1. The molecule has 1 atom stereocenters. The van der Waals surface area contributed by atoms with Gasteiger partial charge < -0.3 is 15.2 Å². The van der Waals surface area contributed by atoms with E-state index in [0.717, 1.165) is 11.4 Å². The number of anilines is 1. The van der Waals surface area contributed by atoms with Crippen LogP contribution in [0, 0.1) is 0 Å². The number of amides is 1. The highest BCUT2D eigenvalue weighted by Gasteiger charge is 2.13. The molecular weight excluding hydrogens is 268 g/mol. The molecule has 0 fully saturated rings. The van der Waals surface area contributed by atoms with Crippen LogP contribution in [0.5, 0.6) is 5.75 Å². The lowest BCUT2D eigenvalue weighted by Crippen LogP contribution is -2.38. The van der Waals surface area contributed by atoms with E-state index in [-0.39, 0.29) is 5.91 Å². The van der Waals surface area contributed by atoms with Crippen molar-refractivity contribution in [3.63, 3.8) is 0 Å². The average Bonchev–Trinajstić information content (AvgIpc) is 2.43. The normalized spacial score (nSPS) is 12.5. The van der Waals surface area contributed by atoms with Gasteiger partial charge in [-0.2, -0.15) is 0 Å². The fraction of sp³-hybridized carbons (Fsp3) is 0.562. The van der Waals surface area contributed by atoms with Crippen molar-refractivity contribution >= 4 is 11.6 Å². The summed E-state index contributed by atoms with van der Waals surface area (Å²) in [7, 11) is 1.61. The Hall–Kier alpha value is -1.59. The van der Waals surface area contributed by atoms with Gasteiger partial charge in [-0.1, -0.05) is 0 Å². The molecule has 2 N–H and O–H groups in total. The fourth-order valence-electron chi connectivity index (χ4n) is 2.04. The Morgan fingerprint density at radius 2 is 1.90 bits per heavy atom. The first-order chi connectivity index (χ1) is 9.92. The first-order valence-electron chi connectivity index (χ1n) is 7.28. The molecule has 1 aromatic carbocycles. The number of aliphatic hydroxyl groups is 1. The number of methoxy groups -OCH3 is 1. The third-order valence-corrected chi connectivity index (χ3v) is 3.23. The minimum Gasteiger partial charge on any atom is -0.497 e. The quantitative estimate of drug-likeness (QED) is 0.771. The summed E-state index contributed by atoms with van der Waals surface area (Å²) in [6, 6.07) is 7.54. The molecule has 21 heavy (non-hydrogen) atoms. The highest BCUT2D eigenvalue weighted by molar-refractivity contribution is 5.90. The van der Waals surface area contributed by atoms with Crippen LogP contribution in [0.3, 0.4) is 0 Å². The summed E-state index contributed by atoms with van der Waals surface area (Å²) < 4.78 is 5.07. The predicted molar refractivity (Wildman–Crippen MR) is 84.6 cm³/mol. The largest absolute Gasteiger partial charge is 0.497 e. The number of nitrogens with zero attached hydrogens (tertiary/aromatic N) is 1. The van der Waals surface area contributed by atoms with Crippen molar-refractivity contribution in [3.8, 4) is 5.75 Å². The molecule has 0 saturated carbocycles. The fourth-order valence-corrected chi connectivity index (χ4v) is 2.04. The van der Waals surface area contributed by atoms with Crippen molar-refractivity contribution in [3.05, 3.63) is 24.3 Å². The van der Waals surface area contributed by atoms with Crippen LogP contribution < -0.4 is 10.1 Å². The standard InChI is InChI=1S/C16H26N2O3/c1-12(2)18(11-13(3)19)10-9-16(20)17-14-5-7-15(21-4)8-6-14/h5-8,12-13,19H,9-11H2,1-4H3,(H,17,20). The zero-order valence-electron chi connectivity index (χ0n) is 13.3. The molecule has 0 aromatic heterocycles. The Labute approximate surface area is 126 Å². The maximum absolute atomic E-state index is 11.9. The maximum atomic E-state index is 11.9. The van der Waals surface area contributed by atoms with Crippen molar-refractivity contribution in [2.45, 2.75) is 39.3 Å². The number of hydrogen-bond acceptors (Lipinski definition) is 4. The van der Waals surface area contributed by atoms with E-state index in [4.69, 9.17) is 4.74 Å². The van der Waals surface area contributed by atoms with Gasteiger partial charge >= 0.3 is 0 Å². The second-order valence-electron chi connectivity index (χ2n) is 5.46. The van der Waals surface area contributed by atoms with Gasteiger partial charge in [0.15, 0.2) is 0 Å². The highest BCUT2D eigenvalue weighted by Crippen LogP contribution is 2.15. The van der Waals surface area contributed by atoms with Crippen LogP contribution in [0.2, 0.25) is 0 Å². The number of carbonyl (C=O) groups excluding carboxylic acids is 1. The zero-order valence-corrected chi connectivity index (χ0v) is 13.3. The summed E-state index contributed by atoms with van der Waals surface area (Å²) in [5, 5.41) is 12.3. The van der Waals surface area contributed by atoms with Crippen molar-refractivity contribution < 1.29 is 14.6 Å². The van der Waals surface area contributed by atoms with Crippen molar-refractivity contribution in [2.24, 2.45) is 0 Å². The van der Waals surface area contributed by atoms with Crippen LogP contribution in [0.4, 0.5) is 5.69 Å². The van der Waals surface area contributed by atoms with E-state index in [9.17, 15) is 9.90 Å². The summed E-state index contributed by atoms with van der Waals surface area (Å²) in [6.45, 7) is 7.08. The Morgan fingerprint density at radius 3 is 2.38 bits per heavy atom. The van der Waals surface area contributed by atoms with Gasteiger partial charge in [-0.05, 0) is 45.0 Å². The number of hydrogen-bond donors (Lipinski definition) is 2. The molecule has 0 spiro atoms. The molecule has 1 rings (SSSR count). The monoisotopic (exact) mass is 294 g/mol. The van der Waals surface area contributed by atoms with E-state index in [1.165, 1.54) is 0 Å². The van der Waals surface area contributed by atoms with Crippen LogP contribution in [0.15, 0.2) is 24.3 Å². The molecule has 0 saturated heterocycles. The van der Waals surface area contributed by atoms with Gasteiger partial charge in [0.05, 0.1) is 13.2 Å². The molecule has 5 nitrogen and oxygen atoms in total. The van der Waals surface area contributed by atoms with Gasteiger partial charge in [-0.15, -0.1) is 0 Å². The molecule has 0 aliphatic heterocycles. The van der Waals surface area contributed by atoms with E-state index >= 15 is 0 Å². The lowest BCUT2D eigenvalue weighted by Gasteiger charge is -2.27. The number of ether oxygens (including phenoxy) is 1. The smallest absolute Gasteiger partial charge is 0.225 e. The molecule has 1 unspecified atom stereocenters. The molecule has 0 aliphatic rings. The van der Waals surface area contributed by atoms with Crippen LogP contribution in [-0.4, -0.2) is 48.3 Å². The number of rotatable bonds is 8. The molecule has 0 heterocycles. The van der Waals surface area contributed by atoms with E-state index in [1.54, 1.807) is 14.0 Å². The van der Waals surface area contributed by atoms with Crippen LogP contribution >= 0.6 is 0 Å². The average molecular weight is 294 g/mol. The van der Waals surface area contributed by atoms with Crippen molar-refractivity contribution in [1.29, 1.82) is 0 Å². The van der Waals surface area contributed by atoms with E-state index in [0.29, 0.717) is 25.6 Å². The number of aliphatic hydroxyl groups excluding tert-OH is 1. The van der Waals surface area contributed by atoms with Crippen molar-refractivity contribution in [1.82, 2.24) is 4.90 Å². The minimum atomic E-state index is -0.392. The first kappa shape index (κ1) is 17.5. The van der Waals surface area contributed by atoms with E-state index < -0.39 is 6.10 Å². The van der Waals surface area contributed by atoms with Crippen LogP contribution in [-0.2, 0) is 4.79 Å². The lowest BCUT2D eigenvalue weighted by atomic mass is 10.2. The lowest BCUT2D eigenvalue weighted by molar-refractivity contribution is -0.116. The van der Waals surface area contributed by atoms with Gasteiger partial charge in [0.1, 0.15) is 5.75 Å². The number of carbonyl (C=O) groups is 1. The maximum Gasteiger partial charge on any atom is 0.225 e. The molecule has 5 heteroatoms. The van der Waals surface area contributed by atoms with Gasteiger partial charge in [-0.3, -0.25) is 9.69 Å². The predicted octanol–water partition coefficient (Wildman–Crippen LogP) is 2.11. The summed E-state index contributed by atoms with van der Waals surface area (Å²) in [4.78, 5) is 14.0. The summed E-state index contributed by atoms with van der Waals surface area (Å²) in [6.07, 6.45) is 0.00811. The summed E-state index contributed by atoms with van der Waals surface area (Å²) in [5.41, 5.74) is 0.757. The van der Waals surface area contributed by atoms with Gasteiger partial charge in [-0.25, -0.2) is 0 Å². The van der Waals surface area contributed by atoms with Gasteiger partial charge in [0, 0.05) is 31.2 Å². The Bertz CT molecular complexity index is 430. The topological polar surface area (TPSA) is 61.8 Å². The Balaban J connectivity index is 2.44. The zero-order chi connectivity index (χ0) is 15.8. The van der Waals surface area contributed by atoms with Crippen LogP contribution in [0.25, 0.3) is 0 Å². The highest BCUT2D eigenvalue weighted by atomic mass is 16.5. The number of nitrogens with one attached hydrogen (secondary N) is 1. The Kier molecular flexibility index (Phi) is 7.19. The molecule has 0 aliphatic carbocycles. The van der Waals surface area contributed by atoms with E-state index in [2.05, 4.69) is 24.1 Å². The molecule has 1 aromatic rings. The molecular formula is C16H26N2O3.